The minimum absolute atomic E-state index is 0.108. The highest BCUT2D eigenvalue weighted by Gasteiger charge is 2.47. The van der Waals surface area contributed by atoms with Crippen LogP contribution in [0.2, 0.25) is 0 Å². The first-order valence-electron chi connectivity index (χ1n) is 9.08. The quantitative estimate of drug-likeness (QED) is 0.266. The molecule has 6 atom stereocenters. The van der Waals surface area contributed by atoms with Gasteiger partial charge in [0, 0.05) is 5.92 Å². The molecule has 0 aliphatic carbocycles. The van der Waals surface area contributed by atoms with E-state index in [1.807, 2.05) is 13.8 Å². The van der Waals surface area contributed by atoms with E-state index < -0.39 is 46.8 Å². The fourth-order valence-corrected chi connectivity index (χ4v) is 4.73. The van der Waals surface area contributed by atoms with Crippen LogP contribution in [0.25, 0.3) is 11.2 Å². The van der Waals surface area contributed by atoms with E-state index in [4.69, 9.17) is 20.3 Å². The maximum atomic E-state index is 11.7. The van der Waals surface area contributed by atoms with E-state index in [9.17, 15) is 24.2 Å². The molecule has 0 saturated carbocycles. The highest BCUT2D eigenvalue weighted by Crippen LogP contribution is 2.57. The number of rotatable bonds is 8. The van der Waals surface area contributed by atoms with Crippen LogP contribution in [0, 0.1) is 0 Å². The Bertz CT molecular complexity index is 1040. The van der Waals surface area contributed by atoms with Gasteiger partial charge in [-0.3, -0.25) is 9.09 Å². The fraction of sp³-hybridized carbons (Fsp3) is 0.643. The van der Waals surface area contributed by atoms with E-state index in [-0.39, 0.29) is 22.9 Å². The van der Waals surface area contributed by atoms with Crippen molar-refractivity contribution < 1.29 is 47.6 Å². The summed E-state index contributed by atoms with van der Waals surface area (Å²) < 4.78 is 37.7. The normalized spacial score (nSPS) is 27.5. The first-order chi connectivity index (χ1) is 14.3. The van der Waals surface area contributed by atoms with Crippen molar-refractivity contribution >= 4 is 32.6 Å². The van der Waals surface area contributed by atoms with E-state index in [1.54, 1.807) is 0 Å². The van der Waals surface area contributed by atoms with E-state index in [0.717, 1.165) is 0 Å². The molecule has 0 bridgehead atoms. The summed E-state index contributed by atoms with van der Waals surface area (Å²) in [5, 5.41) is 20.9. The highest BCUT2D eigenvalue weighted by atomic mass is 31.3. The summed E-state index contributed by atoms with van der Waals surface area (Å²) in [5.74, 6) is 0.448. The van der Waals surface area contributed by atoms with Crippen molar-refractivity contribution in [2.24, 2.45) is 0 Å². The number of nitrogen functional groups attached to an aromatic ring is 1. The molecule has 3 rings (SSSR count). The molecule has 3 heterocycles. The molecule has 0 radical (unpaired) electrons. The molecule has 0 amide bonds. The SMILES string of the molecule is CCC(C)c1nc2c(N)ncnc2n1[C@@H]1O[C@H](COP(=O)(O)OP(=O)(O)O)[C@@H](O)[C@H]1O. The van der Waals surface area contributed by atoms with Crippen molar-refractivity contribution in [1.29, 1.82) is 0 Å². The number of phosphoric acid groups is 2. The molecule has 1 aliphatic heterocycles. The van der Waals surface area contributed by atoms with Crippen LogP contribution in [-0.2, 0) is 22.7 Å². The predicted molar refractivity (Wildman–Crippen MR) is 103 cm³/mol. The topological polar surface area (TPSA) is 233 Å². The van der Waals surface area contributed by atoms with Gasteiger partial charge in [-0.1, -0.05) is 13.8 Å². The zero-order valence-corrected chi connectivity index (χ0v) is 18.2. The molecule has 17 heteroatoms. The summed E-state index contributed by atoms with van der Waals surface area (Å²) in [6, 6.07) is 0. The lowest BCUT2D eigenvalue weighted by Crippen LogP contribution is -2.34. The summed E-state index contributed by atoms with van der Waals surface area (Å²) in [4.78, 5) is 39.2. The number of fused-ring (bicyclic) bond motifs is 1. The van der Waals surface area contributed by atoms with E-state index in [0.29, 0.717) is 12.2 Å². The third-order valence-corrected chi connectivity index (χ3v) is 6.94. The molecule has 0 spiro atoms. The maximum absolute atomic E-state index is 11.7. The fourth-order valence-electron chi connectivity index (χ4n) is 3.13. The lowest BCUT2D eigenvalue weighted by Gasteiger charge is -2.21. The van der Waals surface area contributed by atoms with E-state index in [2.05, 4.69) is 23.8 Å². The van der Waals surface area contributed by atoms with Crippen molar-refractivity contribution in [2.45, 2.75) is 50.7 Å². The Morgan fingerprint density at radius 1 is 1.26 bits per heavy atom. The number of aliphatic hydroxyl groups excluding tert-OH is 2. The van der Waals surface area contributed by atoms with Gasteiger partial charge in [0.25, 0.3) is 0 Å². The lowest BCUT2D eigenvalue weighted by atomic mass is 10.1. The molecule has 2 aromatic heterocycles. The minimum Gasteiger partial charge on any atom is -0.387 e. The van der Waals surface area contributed by atoms with E-state index in [1.165, 1.54) is 10.9 Å². The van der Waals surface area contributed by atoms with Gasteiger partial charge in [0.1, 0.15) is 30.5 Å². The Hall–Kier alpha value is -1.51. The average molecular weight is 483 g/mol. The van der Waals surface area contributed by atoms with Gasteiger partial charge in [0.15, 0.2) is 23.2 Å². The smallest absolute Gasteiger partial charge is 0.387 e. The number of nitrogens with two attached hydrogens (primary N) is 1. The van der Waals surface area contributed by atoms with Gasteiger partial charge in [-0.25, -0.2) is 24.1 Å². The molecular weight excluding hydrogens is 460 g/mol. The second-order valence-electron chi connectivity index (χ2n) is 6.96. The van der Waals surface area contributed by atoms with Crippen molar-refractivity contribution in [3.63, 3.8) is 0 Å². The van der Waals surface area contributed by atoms with Crippen molar-refractivity contribution in [1.82, 2.24) is 19.5 Å². The van der Waals surface area contributed by atoms with Crippen LogP contribution >= 0.6 is 15.6 Å². The number of ether oxygens (including phenoxy) is 1. The number of anilines is 1. The average Bonchev–Trinajstić information content (AvgIpc) is 3.17. The zero-order valence-electron chi connectivity index (χ0n) is 16.4. The van der Waals surface area contributed by atoms with Crippen LogP contribution in [0.1, 0.15) is 38.2 Å². The van der Waals surface area contributed by atoms with Crippen molar-refractivity contribution in [2.75, 3.05) is 12.3 Å². The van der Waals surface area contributed by atoms with Gasteiger partial charge in [-0.05, 0) is 6.42 Å². The van der Waals surface area contributed by atoms with Crippen molar-refractivity contribution in [3.8, 4) is 0 Å². The summed E-state index contributed by atoms with van der Waals surface area (Å²) in [7, 11) is -10.5. The molecule has 174 valence electrons. The standard InChI is InChI=1S/C14H23N5O10P2/c1-3-6(2)12-18-8-11(15)16-5-17-13(8)19(12)14-10(21)9(20)7(28-14)4-27-31(25,26)29-30(22,23)24/h5-7,9-10,14,20-21H,3-4H2,1-2H3,(H,25,26)(H2,15,16,17)(H2,22,23,24)/t6?,7-,9-,10-,14-/m1/s1. The van der Waals surface area contributed by atoms with Crippen LogP contribution < -0.4 is 5.73 Å². The third kappa shape index (κ3) is 5.12. The summed E-state index contributed by atoms with van der Waals surface area (Å²) in [6.07, 6.45) is -3.79. The summed E-state index contributed by atoms with van der Waals surface area (Å²) in [6.45, 7) is 2.98. The number of hydrogen-bond donors (Lipinski definition) is 6. The molecule has 2 unspecified atom stereocenters. The molecule has 1 saturated heterocycles. The Kier molecular flexibility index (Phi) is 6.84. The first kappa shape index (κ1) is 24.1. The van der Waals surface area contributed by atoms with Crippen LogP contribution in [0.5, 0.6) is 0 Å². The molecule has 31 heavy (non-hydrogen) atoms. The summed E-state index contributed by atoms with van der Waals surface area (Å²) in [5.41, 5.74) is 6.40. The minimum atomic E-state index is -5.31. The Morgan fingerprint density at radius 2 is 1.94 bits per heavy atom. The van der Waals surface area contributed by atoms with E-state index >= 15 is 0 Å². The number of aliphatic hydroxyl groups is 2. The van der Waals surface area contributed by atoms with Crippen molar-refractivity contribution in [3.05, 3.63) is 12.2 Å². The molecule has 1 aliphatic rings. The van der Waals surface area contributed by atoms with Gasteiger partial charge >= 0.3 is 15.6 Å². The number of nitrogens with zero attached hydrogens (tertiary/aromatic N) is 4. The molecule has 1 fully saturated rings. The van der Waals surface area contributed by atoms with Gasteiger partial charge in [0.05, 0.1) is 6.61 Å². The monoisotopic (exact) mass is 483 g/mol. The Balaban J connectivity index is 1.89. The molecular formula is C14H23N5O10P2. The molecule has 15 nitrogen and oxygen atoms in total. The molecule has 2 aromatic rings. The van der Waals surface area contributed by atoms with Gasteiger partial charge < -0.3 is 35.4 Å². The van der Waals surface area contributed by atoms with Crippen LogP contribution in [0.4, 0.5) is 5.82 Å². The Morgan fingerprint density at radius 3 is 2.55 bits per heavy atom. The van der Waals surface area contributed by atoms with Gasteiger partial charge in [-0.15, -0.1) is 0 Å². The van der Waals surface area contributed by atoms with Gasteiger partial charge in [0.2, 0.25) is 0 Å². The lowest BCUT2D eigenvalue weighted by molar-refractivity contribution is -0.0518. The van der Waals surface area contributed by atoms with Crippen LogP contribution in [-0.4, -0.2) is 69.3 Å². The number of phosphoric ester groups is 1. The number of hydrogen-bond acceptors (Lipinski definition) is 11. The highest BCUT2D eigenvalue weighted by molar-refractivity contribution is 7.60. The predicted octanol–water partition coefficient (Wildman–Crippen LogP) is -0.232. The second kappa shape index (κ2) is 8.79. The second-order valence-corrected chi connectivity index (χ2v) is 9.79. The summed E-state index contributed by atoms with van der Waals surface area (Å²) >= 11 is 0. The number of imidazole rings is 1. The van der Waals surface area contributed by atoms with Gasteiger partial charge in [-0.2, -0.15) is 4.31 Å². The Labute approximate surface area is 175 Å². The zero-order chi connectivity index (χ0) is 23.1. The maximum Gasteiger partial charge on any atom is 0.481 e. The van der Waals surface area contributed by atoms with Crippen LogP contribution in [0.3, 0.4) is 0 Å². The molecule has 7 N–H and O–H groups in total. The third-order valence-electron chi connectivity index (χ3n) is 4.79. The largest absolute Gasteiger partial charge is 0.481 e. The first-order valence-corrected chi connectivity index (χ1v) is 12.1. The van der Waals surface area contributed by atoms with Crippen LogP contribution in [0.15, 0.2) is 6.33 Å². The number of aromatic nitrogens is 4. The molecule has 0 aromatic carbocycles.